The number of benzene rings is 1. The van der Waals surface area contributed by atoms with Gasteiger partial charge < -0.3 is 10.6 Å². The Morgan fingerprint density at radius 3 is 2.48 bits per heavy atom. The summed E-state index contributed by atoms with van der Waals surface area (Å²) in [6.45, 7) is 4.03. The molecule has 0 atom stereocenters. The second-order valence-electron chi connectivity index (χ2n) is 5.54. The number of nitrogens with zero attached hydrogens (tertiary/aromatic N) is 2. The summed E-state index contributed by atoms with van der Waals surface area (Å²) in [7, 11) is 1.88. The summed E-state index contributed by atoms with van der Waals surface area (Å²) < 4.78 is 0. The zero-order valence-corrected chi connectivity index (χ0v) is 13.3. The molecular weight excluding hydrogens is 284 g/mol. The molecule has 1 saturated carbocycles. The molecule has 0 spiro atoms. The highest BCUT2D eigenvalue weighted by Crippen LogP contribution is 2.40. The average Bonchev–Trinajstić information content (AvgIpc) is 3.28. The Hall–Kier alpha value is -1.81. The van der Waals surface area contributed by atoms with Crippen molar-refractivity contribution in [2.75, 3.05) is 17.7 Å². The highest BCUT2D eigenvalue weighted by Gasteiger charge is 2.28. The van der Waals surface area contributed by atoms with Gasteiger partial charge in [0, 0.05) is 18.5 Å². The van der Waals surface area contributed by atoms with Crippen molar-refractivity contribution in [3.05, 3.63) is 40.2 Å². The Morgan fingerprint density at radius 1 is 1.14 bits per heavy atom. The molecule has 2 N–H and O–H groups in total. The SMILES string of the molecule is CNc1nc(C2CC2)nc(Nc2ccc(C)cc2Cl)c1C. The summed E-state index contributed by atoms with van der Waals surface area (Å²) in [5, 5.41) is 7.19. The Kier molecular flexibility index (Phi) is 3.72. The summed E-state index contributed by atoms with van der Waals surface area (Å²) in [5.74, 6) is 3.11. The van der Waals surface area contributed by atoms with Crippen LogP contribution >= 0.6 is 11.6 Å². The van der Waals surface area contributed by atoms with Crippen LogP contribution in [0.2, 0.25) is 5.02 Å². The van der Waals surface area contributed by atoms with Crippen molar-refractivity contribution >= 4 is 28.9 Å². The van der Waals surface area contributed by atoms with E-state index in [4.69, 9.17) is 11.6 Å². The standard InChI is InChI=1S/C16H19ClN4/c1-9-4-7-13(12(17)8-9)19-15-10(2)14(18-3)20-16(21-15)11-5-6-11/h4,7-8,11H,5-6H2,1-3H3,(H2,18,19,20,21). The minimum Gasteiger partial charge on any atom is -0.373 e. The molecule has 1 aliphatic rings. The van der Waals surface area contributed by atoms with Crippen LogP contribution in [0.1, 0.15) is 35.7 Å². The molecule has 21 heavy (non-hydrogen) atoms. The van der Waals surface area contributed by atoms with Gasteiger partial charge in [-0.25, -0.2) is 9.97 Å². The number of aryl methyl sites for hydroxylation is 1. The lowest BCUT2D eigenvalue weighted by Gasteiger charge is -2.14. The number of nitrogens with one attached hydrogen (secondary N) is 2. The summed E-state index contributed by atoms with van der Waals surface area (Å²) >= 11 is 6.30. The summed E-state index contributed by atoms with van der Waals surface area (Å²) in [4.78, 5) is 9.28. The van der Waals surface area contributed by atoms with E-state index < -0.39 is 0 Å². The molecule has 0 amide bonds. The third-order valence-electron chi connectivity index (χ3n) is 3.72. The van der Waals surface area contributed by atoms with Crippen molar-refractivity contribution in [2.24, 2.45) is 0 Å². The largest absolute Gasteiger partial charge is 0.373 e. The van der Waals surface area contributed by atoms with Gasteiger partial charge in [0.25, 0.3) is 0 Å². The van der Waals surface area contributed by atoms with Crippen molar-refractivity contribution in [2.45, 2.75) is 32.6 Å². The molecule has 1 aliphatic carbocycles. The molecule has 0 bridgehead atoms. The topological polar surface area (TPSA) is 49.8 Å². The first kappa shape index (κ1) is 14.1. The number of anilines is 3. The normalized spacial score (nSPS) is 14.1. The second-order valence-corrected chi connectivity index (χ2v) is 5.94. The maximum absolute atomic E-state index is 6.30. The van der Waals surface area contributed by atoms with Crippen LogP contribution < -0.4 is 10.6 Å². The van der Waals surface area contributed by atoms with Gasteiger partial charge in [0.1, 0.15) is 17.5 Å². The summed E-state index contributed by atoms with van der Waals surface area (Å²) in [6, 6.07) is 5.96. The first-order valence-electron chi connectivity index (χ1n) is 7.18. The predicted octanol–water partition coefficient (Wildman–Crippen LogP) is 4.41. The van der Waals surface area contributed by atoms with Gasteiger partial charge >= 0.3 is 0 Å². The van der Waals surface area contributed by atoms with E-state index in [2.05, 4.69) is 20.6 Å². The van der Waals surface area contributed by atoms with Gasteiger partial charge in [-0.2, -0.15) is 0 Å². The number of aromatic nitrogens is 2. The lowest BCUT2D eigenvalue weighted by Crippen LogP contribution is -2.07. The lowest BCUT2D eigenvalue weighted by molar-refractivity contribution is 0.924. The average molecular weight is 303 g/mol. The lowest BCUT2D eigenvalue weighted by atomic mass is 10.2. The third-order valence-corrected chi connectivity index (χ3v) is 4.03. The molecule has 1 fully saturated rings. The van der Waals surface area contributed by atoms with Gasteiger partial charge in [-0.3, -0.25) is 0 Å². The van der Waals surface area contributed by atoms with Crippen LogP contribution in [0.25, 0.3) is 0 Å². The van der Waals surface area contributed by atoms with Crippen LogP contribution in [0.15, 0.2) is 18.2 Å². The van der Waals surface area contributed by atoms with Crippen LogP contribution in [0.5, 0.6) is 0 Å². The van der Waals surface area contributed by atoms with Gasteiger partial charge in [-0.15, -0.1) is 0 Å². The van der Waals surface area contributed by atoms with E-state index >= 15 is 0 Å². The Bertz CT molecular complexity index is 680. The van der Waals surface area contributed by atoms with E-state index in [0.29, 0.717) is 10.9 Å². The van der Waals surface area contributed by atoms with Crippen molar-refractivity contribution in [3.8, 4) is 0 Å². The van der Waals surface area contributed by atoms with Gasteiger partial charge in [-0.05, 0) is 44.4 Å². The summed E-state index contributed by atoms with van der Waals surface area (Å²) in [6.07, 6.45) is 2.36. The zero-order chi connectivity index (χ0) is 15.0. The molecular formula is C16H19ClN4. The van der Waals surface area contributed by atoms with Crippen molar-refractivity contribution in [3.63, 3.8) is 0 Å². The van der Waals surface area contributed by atoms with Crippen molar-refractivity contribution in [1.29, 1.82) is 0 Å². The quantitative estimate of drug-likeness (QED) is 0.878. The fraction of sp³-hybridized carbons (Fsp3) is 0.375. The highest BCUT2D eigenvalue weighted by molar-refractivity contribution is 6.33. The number of halogens is 1. The maximum Gasteiger partial charge on any atom is 0.139 e. The van der Waals surface area contributed by atoms with Crippen LogP contribution in [0, 0.1) is 13.8 Å². The van der Waals surface area contributed by atoms with Gasteiger partial charge in [-0.1, -0.05) is 17.7 Å². The third kappa shape index (κ3) is 2.95. The molecule has 5 heteroatoms. The number of hydrogen-bond acceptors (Lipinski definition) is 4. The first-order chi connectivity index (χ1) is 10.1. The van der Waals surface area contributed by atoms with E-state index in [1.54, 1.807) is 0 Å². The molecule has 2 aromatic rings. The molecule has 110 valence electrons. The van der Waals surface area contributed by atoms with Crippen LogP contribution in [0.3, 0.4) is 0 Å². The molecule has 3 rings (SSSR count). The van der Waals surface area contributed by atoms with E-state index in [-0.39, 0.29) is 0 Å². The van der Waals surface area contributed by atoms with Gasteiger partial charge in [0.15, 0.2) is 0 Å². The number of rotatable bonds is 4. The molecule has 0 saturated heterocycles. The van der Waals surface area contributed by atoms with Crippen molar-refractivity contribution in [1.82, 2.24) is 9.97 Å². The molecule has 1 heterocycles. The van der Waals surface area contributed by atoms with E-state index in [1.165, 1.54) is 12.8 Å². The minimum atomic E-state index is 0.506. The molecule has 1 aromatic heterocycles. The van der Waals surface area contributed by atoms with Crippen molar-refractivity contribution < 1.29 is 0 Å². The Morgan fingerprint density at radius 2 is 1.86 bits per heavy atom. The van der Waals surface area contributed by atoms with E-state index in [0.717, 1.165) is 34.3 Å². The number of hydrogen-bond donors (Lipinski definition) is 2. The van der Waals surface area contributed by atoms with Gasteiger partial charge in [0.2, 0.25) is 0 Å². The predicted molar refractivity (Wildman–Crippen MR) is 87.8 cm³/mol. The fourth-order valence-corrected chi connectivity index (χ4v) is 2.55. The molecule has 0 aliphatic heterocycles. The van der Waals surface area contributed by atoms with E-state index in [1.807, 2.05) is 39.1 Å². The minimum absolute atomic E-state index is 0.506. The molecule has 1 aromatic carbocycles. The Balaban J connectivity index is 1.98. The fourth-order valence-electron chi connectivity index (χ4n) is 2.27. The zero-order valence-electron chi connectivity index (χ0n) is 12.5. The smallest absolute Gasteiger partial charge is 0.139 e. The monoisotopic (exact) mass is 302 g/mol. The maximum atomic E-state index is 6.30. The highest BCUT2D eigenvalue weighted by atomic mass is 35.5. The first-order valence-corrected chi connectivity index (χ1v) is 7.55. The molecule has 0 unspecified atom stereocenters. The van der Waals surface area contributed by atoms with E-state index in [9.17, 15) is 0 Å². The molecule has 4 nitrogen and oxygen atoms in total. The van der Waals surface area contributed by atoms with Crippen LogP contribution in [0.4, 0.5) is 17.3 Å². The second kappa shape index (κ2) is 5.53. The van der Waals surface area contributed by atoms with Gasteiger partial charge in [0.05, 0.1) is 10.7 Å². The van der Waals surface area contributed by atoms with Crippen LogP contribution in [-0.4, -0.2) is 17.0 Å². The Labute approximate surface area is 130 Å². The molecule has 0 radical (unpaired) electrons. The summed E-state index contributed by atoms with van der Waals surface area (Å²) in [5.41, 5.74) is 3.01. The van der Waals surface area contributed by atoms with Crippen LogP contribution in [-0.2, 0) is 0 Å².